The van der Waals surface area contributed by atoms with E-state index in [2.05, 4.69) is 0 Å². The van der Waals surface area contributed by atoms with Crippen LogP contribution < -0.4 is 4.74 Å². The van der Waals surface area contributed by atoms with Crippen LogP contribution in [0.5, 0.6) is 5.75 Å². The van der Waals surface area contributed by atoms with Gasteiger partial charge in [0, 0.05) is 16.1 Å². The Morgan fingerprint density at radius 2 is 2.12 bits per heavy atom. The zero-order valence-electron chi connectivity index (χ0n) is 9.21. The van der Waals surface area contributed by atoms with Crippen LogP contribution in [0.3, 0.4) is 0 Å². The summed E-state index contributed by atoms with van der Waals surface area (Å²) in [6, 6.07) is 3.49. The number of halogens is 1. The van der Waals surface area contributed by atoms with E-state index in [-0.39, 0.29) is 0 Å². The Bertz CT molecular complexity index is 450. The van der Waals surface area contributed by atoms with Crippen molar-refractivity contribution in [3.8, 4) is 5.75 Å². The third-order valence-corrected chi connectivity index (χ3v) is 3.63. The van der Waals surface area contributed by atoms with Gasteiger partial charge in [-0.05, 0) is 25.8 Å². The highest BCUT2D eigenvalue weighted by Gasteiger charge is 2.53. The lowest BCUT2D eigenvalue weighted by molar-refractivity contribution is -0.140. The summed E-state index contributed by atoms with van der Waals surface area (Å²) in [5.74, 6) is -0.181. The summed E-state index contributed by atoms with van der Waals surface area (Å²) in [4.78, 5) is 11.3. The summed E-state index contributed by atoms with van der Waals surface area (Å²) in [7, 11) is 1.54. The molecule has 0 bridgehead atoms. The molecule has 0 aromatic heterocycles. The first-order valence-corrected chi connectivity index (χ1v) is 5.47. The van der Waals surface area contributed by atoms with Crippen molar-refractivity contribution in [2.24, 2.45) is 0 Å². The molecule has 0 atom stereocenters. The number of benzene rings is 1. The van der Waals surface area contributed by atoms with Crippen LogP contribution in [0, 0.1) is 6.92 Å². The zero-order valence-corrected chi connectivity index (χ0v) is 9.97. The van der Waals surface area contributed by atoms with E-state index in [1.165, 1.54) is 0 Å². The highest BCUT2D eigenvalue weighted by molar-refractivity contribution is 6.31. The average Bonchev–Trinajstić information content (AvgIpc) is 3.02. The lowest BCUT2D eigenvalue weighted by atomic mass is 9.93. The van der Waals surface area contributed by atoms with Gasteiger partial charge in [-0.25, -0.2) is 0 Å². The molecule has 1 saturated carbocycles. The molecule has 0 spiro atoms. The van der Waals surface area contributed by atoms with E-state index >= 15 is 0 Å². The van der Waals surface area contributed by atoms with Crippen molar-refractivity contribution in [1.29, 1.82) is 0 Å². The van der Waals surface area contributed by atoms with Gasteiger partial charge in [-0.2, -0.15) is 0 Å². The second-order valence-corrected chi connectivity index (χ2v) is 4.55. The van der Waals surface area contributed by atoms with Crippen molar-refractivity contribution in [1.82, 2.24) is 0 Å². The van der Waals surface area contributed by atoms with Crippen molar-refractivity contribution in [3.05, 3.63) is 28.3 Å². The monoisotopic (exact) mass is 240 g/mol. The molecule has 3 nitrogen and oxygen atoms in total. The zero-order chi connectivity index (χ0) is 11.9. The molecule has 1 aliphatic carbocycles. The predicted octanol–water partition coefficient (Wildman–Crippen LogP) is 2.77. The van der Waals surface area contributed by atoms with Gasteiger partial charge in [-0.15, -0.1) is 0 Å². The molecule has 1 fully saturated rings. The molecule has 1 aromatic carbocycles. The first-order chi connectivity index (χ1) is 7.53. The van der Waals surface area contributed by atoms with Gasteiger partial charge in [0.2, 0.25) is 0 Å². The largest absolute Gasteiger partial charge is 0.496 e. The van der Waals surface area contributed by atoms with E-state index in [4.69, 9.17) is 16.3 Å². The molecular weight excluding hydrogens is 228 g/mol. The summed E-state index contributed by atoms with van der Waals surface area (Å²) in [6.45, 7) is 1.84. The molecule has 1 aromatic rings. The first kappa shape index (κ1) is 11.3. The number of aliphatic carboxylic acids is 1. The first-order valence-electron chi connectivity index (χ1n) is 5.10. The van der Waals surface area contributed by atoms with E-state index < -0.39 is 11.4 Å². The average molecular weight is 241 g/mol. The third-order valence-electron chi connectivity index (χ3n) is 3.22. The molecule has 1 N–H and O–H groups in total. The fourth-order valence-corrected chi connectivity index (χ4v) is 2.18. The molecule has 86 valence electrons. The summed E-state index contributed by atoms with van der Waals surface area (Å²) >= 11 is 5.99. The second kappa shape index (κ2) is 3.67. The number of hydrogen-bond acceptors (Lipinski definition) is 2. The number of carboxylic acid groups (broad SMARTS) is 1. The molecule has 16 heavy (non-hydrogen) atoms. The molecule has 0 amide bonds. The summed E-state index contributed by atoms with van der Waals surface area (Å²) in [5, 5.41) is 9.85. The van der Waals surface area contributed by atoms with Gasteiger partial charge in [0.05, 0.1) is 12.5 Å². The van der Waals surface area contributed by atoms with Gasteiger partial charge in [0.1, 0.15) is 5.75 Å². The number of methoxy groups -OCH3 is 1. The Morgan fingerprint density at radius 1 is 1.50 bits per heavy atom. The van der Waals surface area contributed by atoms with Crippen LogP contribution in [0.2, 0.25) is 5.02 Å². The number of carboxylic acids is 1. The van der Waals surface area contributed by atoms with Gasteiger partial charge in [0.15, 0.2) is 0 Å². The highest BCUT2D eigenvalue weighted by atomic mass is 35.5. The number of hydrogen-bond donors (Lipinski definition) is 1. The van der Waals surface area contributed by atoms with Crippen LogP contribution in [0.4, 0.5) is 0 Å². The second-order valence-electron chi connectivity index (χ2n) is 4.14. The van der Waals surface area contributed by atoms with Gasteiger partial charge < -0.3 is 9.84 Å². The van der Waals surface area contributed by atoms with Crippen LogP contribution in [0.25, 0.3) is 0 Å². The van der Waals surface area contributed by atoms with Crippen molar-refractivity contribution >= 4 is 17.6 Å². The van der Waals surface area contributed by atoms with E-state index in [1.54, 1.807) is 19.2 Å². The van der Waals surface area contributed by atoms with E-state index in [9.17, 15) is 9.90 Å². The SMILES string of the molecule is COc1c(C2(C(=O)O)CC2)ccc(Cl)c1C. The standard InChI is InChI=1S/C12H13ClO3/c1-7-9(13)4-3-8(10(7)16-2)12(5-6-12)11(14)15/h3-4H,5-6H2,1-2H3,(H,14,15). The molecule has 0 heterocycles. The third kappa shape index (κ3) is 1.47. The number of carbonyl (C=O) groups is 1. The Balaban J connectivity index is 2.58. The Hall–Kier alpha value is -1.22. The number of ether oxygens (including phenoxy) is 1. The maximum Gasteiger partial charge on any atom is 0.314 e. The molecular formula is C12H13ClO3. The smallest absolute Gasteiger partial charge is 0.314 e. The Morgan fingerprint density at radius 3 is 2.56 bits per heavy atom. The highest BCUT2D eigenvalue weighted by Crippen LogP contribution is 2.52. The molecule has 1 aliphatic rings. The summed E-state index contributed by atoms with van der Waals surface area (Å²) in [5.41, 5.74) is 0.791. The van der Waals surface area contributed by atoms with Crippen LogP contribution in [0.15, 0.2) is 12.1 Å². The van der Waals surface area contributed by atoms with Crippen LogP contribution in [0.1, 0.15) is 24.0 Å². The van der Waals surface area contributed by atoms with Crippen molar-refractivity contribution < 1.29 is 14.6 Å². The lowest BCUT2D eigenvalue weighted by Gasteiger charge is -2.17. The summed E-state index contributed by atoms with van der Waals surface area (Å²) in [6.07, 6.45) is 1.33. The molecule has 2 rings (SSSR count). The number of rotatable bonds is 3. The minimum atomic E-state index is -0.785. The van der Waals surface area contributed by atoms with Gasteiger partial charge in [-0.3, -0.25) is 4.79 Å². The van der Waals surface area contributed by atoms with Crippen LogP contribution in [-0.4, -0.2) is 18.2 Å². The van der Waals surface area contributed by atoms with Crippen molar-refractivity contribution in [3.63, 3.8) is 0 Å². The minimum Gasteiger partial charge on any atom is -0.496 e. The molecule has 4 heteroatoms. The lowest BCUT2D eigenvalue weighted by Crippen LogP contribution is -2.20. The van der Waals surface area contributed by atoms with Gasteiger partial charge >= 0.3 is 5.97 Å². The molecule has 0 radical (unpaired) electrons. The maximum absolute atomic E-state index is 11.3. The predicted molar refractivity (Wildman–Crippen MR) is 61.3 cm³/mol. The van der Waals surface area contributed by atoms with E-state index in [1.807, 2.05) is 6.92 Å². The van der Waals surface area contributed by atoms with E-state index in [0.29, 0.717) is 23.6 Å². The molecule has 0 unspecified atom stereocenters. The quantitative estimate of drug-likeness (QED) is 0.884. The van der Waals surface area contributed by atoms with E-state index in [0.717, 1.165) is 11.1 Å². The normalized spacial score (nSPS) is 16.9. The maximum atomic E-state index is 11.3. The topological polar surface area (TPSA) is 46.5 Å². The fourth-order valence-electron chi connectivity index (χ4n) is 2.03. The Kier molecular flexibility index (Phi) is 2.58. The van der Waals surface area contributed by atoms with Crippen LogP contribution >= 0.6 is 11.6 Å². The van der Waals surface area contributed by atoms with Crippen LogP contribution in [-0.2, 0) is 10.2 Å². The molecule has 0 aliphatic heterocycles. The van der Waals surface area contributed by atoms with Gasteiger partial charge in [0.25, 0.3) is 0 Å². The summed E-state index contributed by atoms with van der Waals surface area (Å²) < 4.78 is 5.29. The van der Waals surface area contributed by atoms with Crippen molar-refractivity contribution in [2.45, 2.75) is 25.2 Å². The fraction of sp³-hybridized carbons (Fsp3) is 0.417. The van der Waals surface area contributed by atoms with Gasteiger partial charge in [-0.1, -0.05) is 17.7 Å². The van der Waals surface area contributed by atoms with Crippen molar-refractivity contribution in [2.75, 3.05) is 7.11 Å². The Labute approximate surface area is 99.0 Å². The minimum absolute atomic E-state index is 0.599. The molecule has 0 saturated heterocycles.